The molecule has 106 valence electrons. The van der Waals surface area contributed by atoms with Gasteiger partial charge in [0.15, 0.2) is 0 Å². The van der Waals surface area contributed by atoms with E-state index in [1.807, 2.05) is 36.4 Å². The fraction of sp³-hybridized carbons (Fsp3) is 0.176. The number of carboxylic acid groups (broad SMARTS) is 1. The third-order valence-corrected chi connectivity index (χ3v) is 3.44. The van der Waals surface area contributed by atoms with Gasteiger partial charge >= 0.3 is 5.97 Å². The molecule has 0 amide bonds. The van der Waals surface area contributed by atoms with E-state index in [9.17, 15) is 4.79 Å². The van der Waals surface area contributed by atoms with Gasteiger partial charge in [-0.2, -0.15) is 0 Å². The fourth-order valence-corrected chi connectivity index (χ4v) is 2.42. The van der Waals surface area contributed by atoms with E-state index in [0.717, 1.165) is 35.3 Å². The molecule has 4 nitrogen and oxygen atoms in total. The van der Waals surface area contributed by atoms with Gasteiger partial charge in [-0.05, 0) is 29.7 Å². The van der Waals surface area contributed by atoms with Gasteiger partial charge in [0, 0.05) is 6.42 Å². The summed E-state index contributed by atoms with van der Waals surface area (Å²) in [7, 11) is 0. The number of aromatic nitrogens is 2. The van der Waals surface area contributed by atoms with Gasteiger partial charge in [-0.25, -0.2) is 4.98 Å². The van der Waals surface area contributed by atoms with Crippen molar-refractivity contribution >= 4 is 17.0 Å². The number of hydrogen-bond acceptors (Lipinski definition) is 2. The van der Waals surface area contributed by atoms with Crippen molar-refractivity contribution in [3.63, 3.8) is 0 Å². The number of aryl methyl sites for hydroxylation is 2. The lowest BCUT2D eigenvalue weighted by Gasteiger charge is -1.98. The van der Waals surface area contributed by atoms with Crippen molar-refractivity contribution < 1.29 is 9.90 Å². The zero-order chi connectivity index (χ0) is 14.7. The summed E-state index contributed by atoms with van der Waals surface area (Å²) in [6.07, 6.45) is 1.81. The maximum absolute atomic E-state index is 10.7. The number of carboxylic acids is 1. The van der Waals surface area contributed by atoms with Crippen LogP contribution in [0.15, 0.2) is 48.5 Å². The molecule has 2 aromatic carbocycles. The van der Waals surface area contributed by atoms with Crippen LogP contribution in [0.4, 0.5) is 0 Å². The molecule has 0 unspecified atom stereocenters. The van der Waals surface area contributed by atoms with Gasteiger partial charge in [0.2, 0.25) is 0 Å². The predicted molar refractivity (Wildman–Crippen MR) is 81.3 cm³/mol. The molecule has 0 aliphatic carbocycles. The number of nitrogens with one attached hydrogen (secondary N) is 1. The van der Waals surface area contributed by atoms with E-state index in [2.05, 4.69) is 22.1 Å². The molecule has 1 aromatic heterocycles. The number of fused-ring (bicyclic) bond motifs is 1. The minimum atomic E-state index is -0.821. The number of nitrogens with zero attached hydrogens (tertiary/aromatic N) is 1. The van der Waals surface area contributed by atoms with Gasteiger partial charge in [-0.1, -0.05) is 36.4 Å². The summed E-state index contributed by atoms with van der Waals surface area (Å²) >= 11 is 0. The molecule has 3 aromatic rings. The second-order valence-electron chi connectivity index (χ2n) is 5.09. The molecule has 3 rings (SSSR count). The molecule has 0 spiro atoms. The Morgan fingerprint density at radius 3 is 2.62 bits per heavy atom. The Morgan fingerprint density at radius 2 is 1.86 bits per heavy atom. The molecule has 0 aliphatic rings. The minimum Gasteiger partial charge on any atom is -0.481 e. The highest BCUT2D eigenvalue weighted by Crippen LogP contribution is 2.15. The zero-order valence-corrected chi connectivity index (χ0v) is 11.5. The van der Waals surface area contributed by atoms with E-state index in [1.54, 1.807) is 0 Å². The molecular weight excluding hydrogens is 264 g/mol. The molecule has 0 bridgehead atoms. The van der Waals surface area contributed by atoms with Crippen molar-refractivity contribution in [2.45, 2.75) is 19.3 Å². The van der Waals surface area contributed by atoms with Crippen LogP contribution in [0.2, 0.25) is 0 Å². The molecule has 21 heavy (non-hydrogen) atoms. The van der Waals surface area contributed by atoms with E-state index >= 15 is 0 Å². The van der Waals surface area contributed by atoms with Crippen LogP contribution in [-0.2, 0) is 24.1 Å². The van der Waals surface area contributed by atoms with Crippen LogP contribution in [-0.4, -0.2) is 21.0 Å². The lowest BCUT2D eigenvalue weighted by Crippen LogP contribution is -1.99. The van der Waals surface area contributed by atoms with Gasteiger partial charge in [-0.3, -0.25) is 4.79 Å². The van der Waals surface area contributed by atoms with Crippen LogP contribution in [0.1, 0.15) is 17.0 Å². The van der Waals surface area contributed by atoms with Crippen LogP contribution in [0.3, 0.4) is 0 Å². The standard InChI is InChI=1S/C17H16N2O2/c20-17(21)11-13-6-8-14-15(10-13)19-16(18-14)9-7-12-4-2-1-3-5-12/h1-6,8,10H,7,9,11H2,(H,18,19)(H,20,21). The van der Waals surface area contributed by atoms with Gasteiger partial charge in [0.25, 0.3) is 0 Å². The van der Waals surface area contributed by atoms with E-state index in [0.29, 0.717) is 0 Å². The lowest BCUT2D eigenvalue weighted by molar-refractivity contribution is -0.136. The quantitative estimate of drug-likeness (QED) is 0.755. The highest BCUT2D eigenvalue weighted by molar-refractivity contribution is 5.78. The Morgan fingerprint density at radius 1 is 1.05 bits per heavy atom. The number of aliphatic carboxylic acids is 1. The van der Waals surface area contributed by atoms with Crippen molar-refractivity contribution in [2.75, 3.05) is 0 Å². The second kappa shape index (κ2) is 5.79. The first kappa shape index (κ1) is 13.4. The number of benzene rings is 2. The topological polar surface area (TPSA) is 66.0 Å². The van der Waals surface area contributed by atoms with Crippen molar-refractivity contribution in [1.82, 2.24) is 9.97 Å². The zero-order valence-electron chi connectivity index (χ0n) is 11.5. The number of hydrogen-bond donors (Lipinski definition) is 2. The van der Waals surface area contributed by atoms with Crippen LogP contribution in [0.5, 0.6) is 0 Å². The molecule has 0 aliphatic heterocycles. The first-order valence-electron chi connectivity index (χ1n) is 6.94. The summed E-state index contributed by atoms with van der Waals surface area (Å²) in [6.45, 7) is 0. The summed E-state index contributed by atoms with van der Waals surface area (Å²) in [5, 5.41) is 8.83. The highest BCUT2D eigenvalue weighted by Gasteiger charge is 2.06. The molecule has 0 fully saturated rings. The van der Waals surface area contributed by atoms with Gasteiger partial charge in [-0.15, -0.1) is 0 Å². The fourth-order valence-electron chi connectivity index (χ4n) is 2.42. The summed E-state index contributed by atoms with van der Waals surface area (Å²) in [4.78, 5) is 18.6. The molecule has 0 atom stereocenters. The predicted octanol–water partition coefficient (Wildman–Crippen LogP) is 2.98. The molecule has 0 radical (unpaired) electrons. The smallest absolute Gasteiger partial charge is 0.307 e. The van der Waals surface area contributed by atoms with Crippen molar-refractivity contribution in [3.8, 4) is 0 Å². The number of H-pyrrole nitrogens is 1. The second-order valence-corrected chi connectivity index (χ2v) is 5.09. The van der Waals surface area contributed by atoms with Gasteiger partial charge in [0.1, 0.15) is 5.82 Å². The first-order valence-corrected chi connectivity index (χ1v) is 6.94. The van der Waals surface area contributed by atoms with Gasteiger partial charge < -0.3 is 10.1 Å². The Labute approximate surface area is 122 Å². The van der Waals surface area contributed by atoms with Gasteiger partial charge in [0.05, 0.1) is 17.5 Å². The van der Waals surface area contributed by atoms with Crippen LogP contribution in [0.25, 0.3) is 11.0 Å². The summed E-state index contributed by atoms with van der Waals surface area (Å²) in [5.41, 5.74) is 3.85. The Hall–Kier alpha value is -2.62. The minimum absolute atomic E-state index is 0.0360. The van der Waals surface area contributed by atoms with Crippen molar-refractivity contribution in [2.24, 2.45) is 0 Å². The van der Waals surface area contributed by atoms with Crippen LogP contribution in [0, 0.1) is 0 Å². The summed E-state index contributed by atoms with van der Waals surface area (Å²) < 4.78 is 0. The molecule has 2 N–H and O–H groups in total. The third kappa shape index (κ3) is 3.28. The first-order chi connectivity index (χ1) is 10.2. The van der Waals surface area contributed by atoms with Crippen LogP contribution >= 0.6 is 0 Å². The number of aromatic amines is 1. The van der Waals surface area contributed by atoms with Crippen molar-refractivity contribution in [1.29, 1.82) is 0 Å². The van der Waals surface area contributed by atoms with E-state index in [4.69, 9.17) is 5.11 Å². The number of carbonyl (C=O) groups is 1. The molecule has 4 heteroatoms. The molecule has 0 saturated carbocycles. The van der Waals surface area contributed by atoms with E-state index < -0.39 is 5.97 Å². The van der Waals surface area contributed by atoms with E-state index in [1.165, 1.54) is 5.56 Å². The summed E-state index contributed by atoms with van der Waals surface area (Å²) in [5.74, 6) is 0.111. The SMILES string of the molecule is O=C(O)Cc1ccc2nc(CCc3ccccc3)[nH]c2c1. The van der Waals surface area contributed by atoms with Crippen molar-refractivity contribution in [3.05, 3.63) is 65.5 Å². The maximum atomic E-state index is 10.7. The molecular formula is C17H16N2O2. The maximum Gasteiger partial charge on any atom is 0.307 e. The average Bonchev–Trinajstić information content (AvgIpc) is 2.88. The molecule has 0 saturated heterocycles. The Bertz CT molecular complexity index is 763. The Kier molecular flexibility index (Phi) is 3.69. The average molecular weight is 280 g/mol. The number of rotatable bonds is 5. The Balaban J connectivity index is 1.76. The third-order valence-electron chi connectivity index (χ3n) is 3.44. The molecule has 1 heterocycles. The highest BCUT2D eigenvalue weighted by atomic mass is 16.4. The summed E-state index contributed by atoms with van der Waals surface area (Å²) in [6, 6.07) is 15.8. The van der Waals surface area contributed by atoms with E-state index in [-0.39, 0.29) is 6.42 Å². The number of imidazole rings is 1. The largest absolute Gasteiger partial charge is 0.481 e. The normalized spacial score (nSPS) is 10.9. The lowest BCUT2D eigenvalue weighted by atomic mass is 10.1. The monoisotopic (exact) mass is 280 g/mol. The van der Waals surface area contributed by atoms with Crippen LogP contribution < -0.4 is 0 Å².